The van der Waals surface area contributed by atoms with Crippen LogP contribution in [-0.2, 0) is 23.1 Å². The lowest BCUT2D eigenvalue weighted by atomic mass is 9.96. The minimum Gasteiger partial charge on any atom is -0.488 e. The van der Waals surface area contributed by atoms with Crippen molar-refractivity contribution in [2.75, 3.05) is 0 Å². The van der Waals surface area contributed by atoms with Crippen molar-refractivity contribution in [3.05, 3.63) is 119 Å². The van der Waals surface area contributed by atoms with Crippen LogP contribution in [0.15, 0.2) is 102 Å². The summed E-state index contributed by atoms with van der Waals surface area (Å²) >= 11 is 5.86. The number of benzene rings is 4. The van der Waals surface area contributed by atoms with Crippen molar-refractivity contribution in [1.29, 1.82) is 0 Å². The van der Waals surface area contributed by atoms with Crippen LogP contribution >= 0.6 is 11.6 Å². The van der Waals surface area contributed by atoms with Crippen LogP contribution < -0.4 is 9.46 Å². The zero-order valence-electron chi connectivity index (χ0n) is 19.8. The number of hydrogen-bond acceptors (Lipinski definition) is 4. The molecular weight excluding hydrogens is 494 g/mol. The number of amides is 1. The van der Waals surface area contributed by atoms with Crippen LogP contribution in [0.5, 0.6) is 5.75 Å². The van der Waals surface area contributed by atoms with Crippen LogP contribution in [0.3, 0.4) is 0 Å². The lowest BCUT2D eigenvalue weighted by molar-refractivity contribution is 0.0980. The molecule has 4 aromatic rings. The van der Waals surface area contributed by atoms with Crippen molar-refractivity contribution < 1.29 is 17.9 Å². The normalized spacial score (nSPS) is 11.2. The zero-order valence-corrected chi connectivity index (χ0v) is 21.4. The molecule has 36 heavy (non-hydrogen) atoms. The van der Waals surface area contributed by atoms with Gasteiger partial charge in [-0.05, 0) is 59.5 Å². The highest BCUT2D eigenvalue weighted by molar-refractivity contribution is 7.90. The fraction of sp³-hybridized carbons (Fsp3) is 0.138. The summed E-state index contributed by atoms with van der Waals surface area (Å²) < 4.78 is 33.7. The zero-order chi connectivity index (χ0) is 25.5. The van der Waals surface area contributed by atoms with Gasteiger partial charge in [0, 0.05) is 16.1 Å². The topological polar surface area (TPSA) is 72.5 Å². The standard InChI is InChI=1S/C29H26ClNO4S/c1-2-8-22-19-23(26-11-6-7-12-28(26)35-20-21-9-4-3-5-10-21)13-18-27(22)29(32)31-36(33,34)25-16-14-24(30)15-17-25/h3-7,9-19H,2,8,20H2,1H3,(H,31,32). The van der Waals surface area contributed by atoms with Gasteiger partial charge >= 0.3 is 0 Å². The highest BCUT2D eigenvalue weighted by atomic mass is 35.5. The van der Waals surface area contributed by atoms with E-state index in [1.54, 1.807) is 6.07 Å². The van der Waals surface area contributed by atoms with Crippen LogP contribution in [-0.4, -0.2) is 14.3 Å². The van der Waals surface area contributed by atoms with Gasteiger partial charge in [0.25, 0.3) is 15.9 Å². The van der Waals surface area contributed by atoms with Crippen LogP contribution in [0, 0.1) is 0 Å². The number of ether oxygens (including phenoxy) is 1. The lowest BCUT2D eigenvalue weighted by Crippen LogP contribution is -2.31. The molecule has 0 saturated carbocycles. The van der Waals surface area contributed by atoms with Crippen LogP contribution in [0.1, 0.15) is 34.8 Å². The first kappa shape index (κ1) is 25.5. The van der Waals surface area contributed by atoms with E-state index in [1.807, 2.05) is 73.7 Å². The van der Waals surface area contributed by atoms with E-state index < -0.39 is 15.9 Å². The third-order valence-corrected chi connectivity index (χ3v) is 7.25. The van der Waals surface area contributed by atoms with E-state index in [-0.39, 0.29) is 4.90 Å². The van der Waals surface area contributed by atoms with E-state index in [0.717, 1.165) is 34.4 Å². The Morgan fingerprint density at radius 2 is 1.58 bits per heavy atom. The molecule has 0 atom stereocenters. The number of sulfonamides is 1. The summed E-state index contributed by atoms with van der Waals surface area (Å²) in [6, 6.07) is 28.7. The molecule has 1 amide bonds. The van der Waals surface area contributed by atoms with Crippen LogP contribution in [0.4, 0.5) is 0 Å². The van der Waals surface area contributed by atoms with Crippen LogP contribution in [0.2, 0.25) is 5.02 Å². The van der Waals surface area contributed by atoms with E-state index in [2.05, 4.69) is 4.72 Å². The van der Waals surface area contributed by atoms with E-state index in [4.69, 9.17) is 16.3 Å². The molecule has 0 fully saturated rings. The molecule has 4 rings (SSSR count). The highest BCUT2D eigenvalue weighted by Gasteiger charge is 2.21. The maximum absolute atomic E-state index is 13.0. The van der Waals surface area contributed by atoms with Gasteiger partial charge < -0.3 is 4.74 Å². The molecule has 0 spiro atoms. The predicted octanol–water partition coefficient (Wildman–Crippen LogP) is 6.66. The Morgan fingerprint density at radius 3 is 2.31 bits per heavy atom. The number of carbonyl (C=O) groups excluding carboxylic acids is 1. The van der Waals surface area contributed by atoms with Gasteiger partial charge in [-0.15, -0.1) is 0 Å². The molecule has 0 saturated heterocycles. The highest BCUT2D eigenvalue weighted by Crippen LogP contribution is 2.32. The Balaban J connectivity index is 1.60. The number of halogens is 1. The average molecular weight is 520 g/mol. The summed E-state index contributed by atoms with van der Waals surface area (Å²) in [7, 11) is -4.04. The van der Waals surface area contributed by atoms with Gasteiger partial charge in [0.1, 0.15) is 12.4 Å². The van der Waals surface area contributed by atoms with Gasteiger partial charge in [0.2, 0.25) is 0 Å². The lowest BCUT2D eigenvalue weighted by Gasteiger charge is -2.15. The molecule has 0 aromatic heterocycles. The van der Waals surface area contributed by atoms with Gasteiger partial charge in [-0.1, -0.05) is 85.6 Å². The molecule has 0 aliphatic carbocycles. The molecule has 0 aliphatic heterocycles. The molecule has 1 N–H and O–H groups in total. The number of hydrogen-bond donors (Lipinski definition) is 1. The fourth-order valence-electron chi connectivity index (χ4n) is 3.87. The molecule has 0 bridgehead atoms. The predicted molar refractivity (Wildman–Crippen MR) is 143 cm³/mol. The first-order valence-electron chi connectivity index (χ1n) is 11.6. The largest absolute Gasteiger partial charge is 0.488 e. The molecular formula is C29H26ClNO4S. The number of nitrogens with one attached hydrogen (secondary N) is 1. The third-order valence-electron chi connectivity index (χ3n) is 5.66. The van der Waals surface area contributed by atoms with E-state index in [1.165, 1.54) is 24.3 Å². The maximum atomic E-state index is 13.0. The van der Waals surface area contributed by atoms with Gasteiger partial charge in [-0.2, -0.15) is 0 Å². The molecule has 0 radical (unpaired) electrons. The van der Waals surface area contributed by atoms with Crippen molar-refractivity contribution in [3.8, 4) is 16.9 Å². The Morgan fingerprint density at radius 1 is 0.889 bits per heavy atom. The van der Waals surface area contributed by atoms with Gasteiger partial charge in [-0.3, -0.25) is 4.79 Å². The Labute approximate surface area is 216 Å². The van der Waals surface area contributed by atoms with E-state index >= 15 is 0 Å². The van der Waals surface area contributed by atoms with Gasteiger partial charge in [0.05, 0.1) is 4.90 Å². The molecule has 4 aromatic carbocycles. The maximum Gasteiger partial charge on any atom is 0.265 e. The Kier molecular flexibility index (Phi) is 8.08. The molecule has 5 nitrogen and oxygen atoms in total. The fourth-order valence-corrected chi connectivity index (χ4v) is 4.97. The number of carbonyl (C=O) groups is 1. The smallest absolute Gasteiger partial charge is 0.265 e. The second-order valence-electron chi connectivity index (χ2n) is 8.28. The third kappa shape index (κ3) is 6.14. The van der Waals surface area contributed by atoms with Crippen molar-refractivity contribution in [2.45, 2.75) is 31.3 Å². The summed E-state index contributed by atoms with van der Waals surface area (Å²) in [5, 5.41) is 0.411. The molecule has 184 valence electrons. The number of para-hydroxylation sites is 1. The minimum atomic E-state index is -4.04. The van der Waals surface area contributed by atoms with E-state index in [9.17, 15) is 13.2 Å². The second-order valence-corrected chi connectivity index (χ2v) is 10.4. The summed E-state index contributed by atoms with van der Waals surface area (Å²) in [5.74, 6) is 0.0554. The molecule has 7 heteroatoms. The Bertz CT molecular complexity index is 1450. The molecule has 0 unspecified atom stereocenters. The van der Waals surface area contributed by atoms with Crippen molar-refractivity contribution >= 4 is 27.5 Å². The monoisotopic (exact) mass is 519 g/mol. The van der Waals surface area contributed by atoms with Crippen molar-refractivity contribution in [1.82, 2.24) is 4.72 Å². The average Bonchev–Trinajstić information content (AvgIpc) is 2.88. The summed E-state index contributed by atoms with van der Waals surface area (Å²) in [5.41, 5.74) is 3.93. The molecule has 0 aliphatic rings. The first-order valence-corrected chi connectivity index (χ1v) is 13.5. The number of aryl methyl sites for hydroxylation is 1. The SMILES string of the molecule is CCCc1cc(-c2ccccc2OCc2ccccc2)ccc1C(=O)NS(=O)(=O)c1ccc(Cl)cc1. The van der Waals surface area contributed by atoms with Crippen LogP contribution in [0.25, 0.3) is 11.1 Å². The van der Waals surface area contributed by atoms with E-state index in [0.29, 0.717) is 23.6 Å². The quantitative estimate of drug-likeness (QED) is 0.268. The van der Waals surface area contributed by atoms with Crippen molar-refractivity contribution in [3.63, 3.8) is 0 Å². The summed E-state index contributed by atoms with van der Waals surface area (Å²) in [4.78, 5) is 13.0. The minimum absolute atomic E-state index is 0.0293. The first-order chi connectivity index (χ1) is 17.4. The second kappa shape index (κ2) is 11.4. The summed E-state index contributed by atoms with van der Waals surface area (Å²) in [6.07, 6.45) is 1.41. The summed E-state index contributed by atoms with van der Waals surface area (Å²) in [6.45, 7) is 2.44. The van der Waals surface area contributed by atoms with Gasteiger partial charge in [-0.25, -0.2) is 13.1 Å². The van der Waals surface area contributed by atoms with Gasteiger partial charge in [0.15, 0.2) is 0 Å². The number of rotatable bonds is 9. The Hall–Kier alpha value is -3.61. The van der Waals surface area contributed by atoms with Crippen molar-refractivity contribution in [2.24, 2.45) is 0 Å². The molecule has 0 heterocycles.